The number of benzene rings is 1. The maximum Gasteiger partial charge on any atom is 0.321 e. The van der Waals surface area contributed by atoms with Crippen LogP contribution in [0.25, 0.3) is 0 Å². The molecule has 4 N–H and O–H groups in total. The summed E-state index contributed by atoms with van der Waals surface area (Å²) in [5, 5.41) is 11.5. The van der Waals surface area contributed by atoms with Gasteiger partial charge < -0.3 is 26.2 Å². The first kappa shape index (κ1) is 23.5. The molecule has 1 heterocycles. The van der Waals surface area contributed by atoms with Crippen LogP contribution in [-0.4, -0.2) is 48.5 Å². The average molecular weight is 418 g/mol. The van der Waals surface area contributed by atoms with E-state index in [2.05, 4.69) is 21.3 Å². The van der Waals surface area contributed by atoms with E-state index >= 15 is 0 Å². The predicted molar refractivity (Wildman–Crippen MR) is 120 cm³/mol. The van der Waals surface area contributed by atoms with Crippen molar-refractivity contribution in [1.29, 1.82) is 0 Å². The van der Waals surface area contributed by atoms with Gasteiger partial charge in [-0.2, -0.15) is 0 Å². The standard InChI is InChI=1S/C22H35N5O3/c1-5-16(4)24-20(28)17-10-12-27(13-11-17)22(30)26-19-8-6-18(7-9-19)25-21(29)23-14-15(2)3/h6-9,15-17H,5,10-14H2,1-4H3,(H,24,28)(H,26,30)(H2,23,25,29)/t16-/m0/s1. The second-order valence-corrected chi connectivity index (χ2v) is 8.32. The summed E-state index contributed by atoms with van der Waals surface area (Å²) in [5.41, 5.74) is 1.31. The Kier molecular flexibility index (Phi) is 8.95. The topological polar surface area (TPSA) is 103 Å². The molecule has 1 saturated heterocycles. The molecule has 1 aromatic rings. The van der Waals surface area contributed by atoms with E-state index in [0.717, 1.165) is 6.42 Å². The molecule has 0 spiro atoms. The van der Waals surface area contributed by atoms with Gasteiger partial charge in [0.1, 0.15) is 0 Å². The summed E-state index contributed by atoms with van der Waals surface area (Å²) in [6.45, 7) is 9.82. The minimum absolute atomic E-state index is 0.0322. The van der Waals surface area contributed by atoms with Crippen molar-refractivity contribution in [1.82, 2.24) is 15.5 Å². The van der Waals surface area contributed by atoms with Gasteiger partial charge >= 0.3 is 12.1 Å². The number of urea groups is 2. The number of nitrogens with one attached hydrogen (secondary N) is 4. The Hall–Kier alpha value is -2.77. The smallest absolute Gasteiger partial charge is 0.321 e. The minimum atomic E-state index is -0.249. The number of piperidine rings is 1. The van der Waals surface area contributed by atoms with E-state index < -0.39 is 0 Å². The van der Waals surface area contributed by atoms with Gasteiger partial charge in [0, 0.05) is 43.0 Å². The van der Waals surface area contributed by atoms with Crippen molar-refractivity contribution in [2.45, 2.75) is 53.0 Å². The van der Waals surface area contributed by atoms with Crippen LogP contribution in [0.2, 0.25) is 0 Å². The number of hydrogen-bond donors (Lipinski definition) is 4. The molecule has 8 nitrogen and oxygen atoms in total. The SMILES string of the molecule is CC[C@H](C)NC(=O)C1CCN(C(=O)Nc2ccc(NC(=O)NCC(C)C)cc2)CC1. The Balaban J connectivity index is 1.77. The summed E-state index contributed by atoms with van der Waals surface area (Å²) in [4.78, 5) is 38.3. The average Bonchev–Trinajstić information content (AvgIpc) is 2.73. The summed E-state index contributed by atoms with van der Waals surface area (Å²) < 4.78 is 0. The van der Waals surface area contributed by atoms with Crippen LogP contribution in [0.1, 0.15) is 47.0 Å². The number of rotatable bonds is 7. The maximum absolute atomic E-state index is 12.5. The highest BCUT2D eigenvalue weighted by molar-refractivity contribution is 5.91. The van der Waals surface area contributed by atoms with E-state index in [9.17, 15) is 14.4 Å². The quantitative estimate of drug-likeness (QED) is 0.545. The number of anilines is 2. The van der Waals surface area contributed by atoms with Gasteiger partial charge in [-0.15, -0.1) is 0 Å². The van der Waals surface area contributed by atoms with Crippen LogP contribution >= 0.6 is 0 Å². The lowest BCUT2D eigenvalue weighted by Crippen LogP contribution is -2.45. The largest absolute Gasteiger partial charge is 0.353 e. The molecule has 1 atom stereocenters. The van der Waals surface area contributed by atoms with Crippen molar-refractivity contribution >= 4 is 29.3 Å². The van der Waals surface area contributed by atoms with E-state index in [1.165, 1.54) is 0 Å². The molecule has 166 valence electrons. The summed E-state index contributed by atoms with van der Waals surface area (Å²) in [6.07, 6.45) is 2.25. The fourth-order valence-electron chi connectivity index (χ4n) is 3.12. The first-order valence-electron chi connectivity index (χ1n) is 10.8. The lowest BCUT2D eigenvalue weighted by molar-refractivity contribution is -0.126. The molecule has 1 aliphatic heterocycles. The van der Waals surface area contributed by atoms with Crippen LogP contribution in [0.15, 0.2) is 24.3 Å². The number of nitrogens with zero attached hydrogens (tertiary/aromatic N) is 1. The Labute approximate surface area is 179 Å². The van der Waals surface area contributed by atoms with Crippen LogP contribution in [0, 0.1) is 11.8 Å². The van der Waals surface area contributed by atoms with E-state index in [1.54, 1.807) is 29.2 Å². The first-order chi connectivity index (χ1) is 14.3. The summed E-state index contributed by atoms with van der Waals surface area (Å²) in [7, 11) is 0. The molecule has 1 aliphatic rings. The van der Waals surface area contributed by atoms with E-state index in [-0.39, 0.29) is 29.9 Å². The van der Waals surface area contributed by atoms with E-state index in [1.807, 2.05) is 27.7 Å². The van der Waals surface area contributed by atoms with Crippen LogP contribution in [-0.2, 0) is 4.79 Å². The van der Waals surface area contributed by atoms with Crippen LogP contribution < -0.4 is 21.3 Å². The van der Waals surface area contributed by atoms with Crippen molar-refractivity contribution < 1.29 is 14.4 Å². The molecule has 0 unspecified atom stereocenters. The second kappa shape index (κ2) is 11.4. The van der Waals surface area contributed by atoms with Crippen molar-refractivity contribution in [3.8, 4) is 0 Å². The maximum atomic E-state index is 12.5. The van der Waals surface area contributed by atoms with E-state index in [0.29, 0.717) is 49.8 Å². The third-order valence-corrected chi connectivity index (χ3v) is 5.22. The van der Waals surface area contributed by atoms with Crippen LogP contribution in [0.3, 0.4) is 0 Å². The molecular weight excluding hydrogens is 382 g/mol. The summed E-state index contributed by atoms with van der Waals surface area (Å²) >= 11 is 0. The zero-order valence-corrected chi connectivity index (χ0v) is 18.5. The molecule has 2 rings (SSSR count). The normalized spacial score (nSPS) is 15.4. The number of likely N-dealkylation sites (tertiary alicyclic amines) is 1. The van der Waals surface area contributed by atoms with Gasteiger partial charge in [-0.3, -0.25) is 4.79 Å². The zero-order valence-electron chi connectivity index (χ0n) is 18.5. The Bertz CT molecular complexity index is 712. The number of carbonyl (C=O) groups excluding carboxylic acids is 3. The van der Waals surface area contributed by atoms with Gasteiger partial charge in [0.05, 0.1) is 0 Å². The van der Waals surface area contributed by atoms with Crippen molar-refractivity contribution in [2.24, 2.45) is 11.8 Å². The molecule has 0 aliphatic carbocycles. The van der Waals surface area contributed by atoms with Gasteiger partial charge in [0.25, 0.3) is 0 Å². The lowest BCUT2D eigenvalue weighted by atomic mass is 9.95. The van der Waals surface area contributed by atoms with Gasteiger partial charge in [-0.1, -0.05) is 20.8 Å². The Morgan fingerprint density at radius 2 is 1.57 bits per heavy atom. The summed E-state index contributed by atoms with van der Waals surface area (Å²) in [5.74, 6) is 0.438. The Morgan fingerprint density at radius 3 is 2.10 bits per heavy atom. The second-order valence-electron chi connectivity index (χ2n) is 8.32. The van der Waals surface area contributed by atoms with Gasteiger partial charge in [-0.05, 0) is 56.4 Å². The van der Waals surface area contributed by atoms with Gasteiger partial charge in [0.2, 0.25) is 5.91 Å². The molecule has 0 aromatic heterocycles. The lowest BCUT2D eigenvalue weighted by Gasteiger charge is -2.31. The zero-order chi connectivity index (χ0) is 22.1. The predicted octanol–water partition coefficient (Wildman–Crippen LogP) is 3.62. The molecule has 8 heteroatoms. The third kappa shape index (κ3) is 7.57. The fourth-order valence-corrected chi connectivity index (χ4v) is 3.12. The minimum Gasteiger partial charge on any atom is -0.353 e. The molecule has 0 radical (unpaired) electrons. The van der Waals surface area contributed by atoms with Crippen LogP contribution in [0.4, 0.5) is 21.0 Å². The van der Waals surface area contributed by atoms with Crippen molar-refractivity contribution in [2.75, 3.05) is 30.3 Å². The molecule has 0 bridgehead atoms. The Morgan fingerprint density at radius 1 is 1.00 bits per heavy atom. The monoisotopic (exact) mass is 417 g/mol. The fraction of sp³-hybridized carbons (Fsp3) is 0.591. The van der Waals surface area contributed by atoms with Crippen molar-refractivity contribution in [3.63, 3.8) is 0 Å². The van der Waals surface area contributed by atoms with E-state index in [4.69, 9.17) is 0 Å². The number of hydrogen-bond acceptors (Lipinski definition) is 3. The highest BCUT2D eigenvalue weighted by Gasteiger charge is 2.27. The molecule has 0 saturated carbocycles. The number of amides is 5. The van der Waals surface area contributed by atoms with Gasteiger partial charge in [-0.25, -0.2) is 9.59 Å². The van der Waals surface area contributed by atoms with Crippen LogP contribution in [0.5, 0.6) is 0 Å². The molecule has 5 amide bonds. The number of carbonyl (C=O) groups is 3. The molecule has 1 aromatic carbocycles. The van der Waals surface area contributed by atoms with Gasteiger partial charge in [0.15, 0.2) is 0 Å². The van der Waals surface area contributed by atoms with Crippen molar-refractivity contribution in [3.05, 3.63) is 24.3 Å². The third-order valence-electron chi connectivity index (χ3n) is 5.22. The first-order valence-corrected chi connectivity index (χ1v) is 10.8. The highest BCUT2D eigenvalue weighted by atomic mass is 16.2. The molecule has 1 fully saturated rings. The molecule has 30 heavy (non-hydrogen) atoms. The highest BCUT2D eigenvalue weighted by Crippen LogP contribution is 2.20. The molecular formula is C22H35N5O3. The summed E-state index contributed by atoms with van der Waals surface area (Å²) in [6, 6.07) is 6.75.